The van der Waals surface area contributed by atoms with Gasteiger partial charge in [-0.15, -0.1) is 0 Å². The fourth-order valence-corrected chi connectivity index (χ4v) is 3.89. The summed E-state index contributed by atoms with van der Waals surface area (Å²) in [6.07, 6.45) is 2.42. The largest absolute Gasteiger partial charge is 0.481 e. The van der Waals surface area contributed by atoms with Crippen LogP contribution in [0.25, 0.3) is 0 Å². The summed E-state index contributed by atoms with van der Waals surface area (Å²) in [4.78, 5) is 23.7. The van der Waals surface area contributed by atoms with Gasteiger partial charge in [0.1, 0.15) is 0 Å². The standard InChI is InChI=1S/C25H32O5/c1-24(22(27)28,19-11-5-3-6-12-19)17-9-15-21(26)16-10-18-25(2,23(29)30)20-13-7-4-8-14-20/h3-8,11-14,21,26H,9-10,15-18H2,1-2H3,(H,27,28)(H,29,30). The molecule has 2 unspecified atom stereocenters. The number of benzene rings is 2. The lowest BCUT2D eigenvalue weighted by Gasteiger charge is -2.27. The molecule has 0 saturated heterocycles. The minimum absolute atomic E-state index is 0.431. The smallest absolute Gasteiger partial charge is 0.313 e. The summed E-state index contributed by atoms with van der Waals surface area (Å²) in [5.74, 6) is -1.74. The molecular weight excluding hydrogens is 380 g/mol. The molecule has 5 heteroatoms. The number of aliphatic carboxylic acids is 2. The monoisotopic (exact) mass is 412 g/mol. The second kappa shape index (κ2) is 10.4. The van der Waals surface area contributed by atoms with Crippen LogP contribution >= 0.6 is 0 Å². The van der Waals surface area contributed by atoms with Gasteiger partial charge in [0.05, 0.1) is 16.9 Å². The van der Waals surface area contributed by atoms with Crippen molar-refractivity contribution < 1.29 is 24.9 Å². The van der Waals surface area contributed by atoms with Crippen LogP contribution in [-0.4, -0.2) is 33.4 Å². The predicted octanol–water partition coefficient (Wildman–Crippen LogP) is 4.77. The van der Waals surface area contributed by atoms with Crippen LogP contribution < -0.4 is 0 Å². The van der Waals surface area contributed by atoms with E-state index >= 15 is 0 Å². The van der Waals surface area contributed by atoms with E-state index in [4.69, 9.17) is 0 Å². The summed E-state index contributed by atoms with van der Waals surface area (Å²) in [5, 5.41) is 29.8. The topological polar surface area (TPSA) is 94.8 Å². The first kappa shape index (κ1) is 23.6. The van der Waals surface area contributed by atoms with Crippen molar-refractivity contribution in [3.05, 3.63) is 71.8 Å². The molecule has 5 nitrogen and oxygen atoms in total. The van der Waals surface area contributed by atoms with E-state index in [9.17, 15) is 24.9 Å². The van der Waals surface area contributed by atoms with Gasteiger partial charge in [-0.05, 0) is 63.5 Å². The van der Waals surface area contributed by atoms with Crippen molar-refractivity contribution in [1.82, 2.24) is 0 Å². The van der Waals surface area contributed by atoms with E-state index in [2.05, 4.69) is 0 Å². The first-order valence-corrected chi connectivity index (χ1v) is 10.5. The third-order valence-electron chi connectivity index (χ3n) is 6.19. The van der Waals surface area contributed by atoms with Crippen molar-refractivity contribution >= 4 is 11.9 Å². The molecule has 30 heavy (non-hydrogen) atoms. The molecule has 0 aliphatic heterocycles. The molecule has 0 spiro atoms. The number of hydrogen-bond acceptors (Lipinski definition) is 3. The Hall–Kier alpha value is -2.66. The molecule has 0 fully saturated rings. The SMILES string of the molecule is CC(CCCC(O)CCCC(C)(C(=O)O)c1ccccc1)(C(=O)O)c1ccccc1. The average molecular weight is 413 g/mol. The van der Waals surface area contributed by atoms with Crippen LogP contribution in [0.15, 0.2) is 60.7 Å². The summed E-state index contributed by atoms with van der Waals surface area (Å²) in [6.45, 7) is 3.43. The van der Waals surface area contributed by atoms with Crippen molar-refractivity contribution in [2.45, 2.75) is 69.3 Å². The summed E-state index contributed by atoms with van der Waals surface area (Å²) >= 11 is 0. The third kappa shape index (κ3) is 5.70. The zero-order valence-corrected chi connectivity index (χ0v) is 17.8. The molecule has 3 N–H and O–H groups in total. The molecule has 0 aromatic heterocycles. The molecule has 0 aliphatic carbocycles. The fourth-order valence-electron chi connectivity index (χ4n) is 3.89. The Morgan fingerprint density at radius 1 is 0.733 bits per heavy atom. The highest BCUT2D eigenvalue weighted by atomic mass is 16.4. The molecule has 2 rings (SSSR count). The maximum absolute atomic E-state index is 11.9. The number of aliphatic hydroxyl groups excluding tert-OH is 1. The lowest BCUT2D eigenvalue weighted by Crippen LogP contribution is -2.33. The number of hydrogen-bond donors (Lipinski definition) is 3. The highest BCUT2D eigenvalue weighted by molar-refractivity contribution is 5.81. The molecule has 0 heterocycles. The zero-order valence-electron chi connectivity index (χ0n) is 17.8. The van der Waals surface area contributed by atoms with Gasteiger partial charge in [-0.3, -0.25) is 9.59 Å². The molecule has 162 valence electrons. The van der Waals surface area contributed by atoms with Crippen LogP contribution in [0.5, 0.6) is 0 Å². The van der Waals surface area contributed by atoms with Crippen LogP contribution in [0.1, 0.15) is 63.5 Å². The van der Waals surface area contributed by atoms with Crippen molar-refractivity contribution in [2.75, 3.05) is 0 Å². The zero-order chi connectivity index (χ0) is 22.2. The third-order valence-corrected chi connectivity index (χ3v) is 6.19. The number of aliphatic hydroxyl groups is 1. The van der Waals surface area contributed by atoms with Crippen LogP contribution in [0.3, 0.4) is 0 Å². The second-order valence-electron chi connectivity index (χ2n) is 8.44. The Bertz CT molecular complexity index is 750. The highest BCUT2D eigenvalue weighted by Gasteiger charge is 2.35. The molecular formula is C25H32O5. The molecule has 0 aliphatic rings. The Kier molecular flexibility index (Phi) is 8.18. The molecule has 0 bridgehead atoms. The van der Waals surface area contributed by atoms with Gasteiger partial charge in [0.2, 0.25) is 0 Å². The van der Waals surface area contributed by atoms with Gasteiger partial charge in [0.15, 0.2) is 0 Å². The van der Waals surface area contributed by atoms with Crippen LogP contribution in [-0.2, 0) is 20.4 Å². The van der Waals surface area contributed by atoms with Crippen molar-refractivity contribution in [3.63, 3.8) is 0 Å². The van der Waals surface area contributed by atoms with Gasteiger partial charge in [0.25, 0.3) is 0 Å². The Balaban J connectivity index is 1.86. The predicted molar refractivity (Wildman–Crippen MR) is 117 cm³/mol. The van der Waals surface area contributed by atoms with E-state index in [0.29, 0.717) is 38.5 Å². The summed E-state index contributed by atoms with van der Waals surface area (Å²) in [7, 11) is 0. The van der Waals surface area contributed by atoms with E-state index in [1.807, 2.05) is 60.7 Å². The quantitative estimate of drug-likeness (QED) is 0.467. The summed E-state index contributed by atoms with van der Waals surface area (Å²) in [5.41, 5.74) is -0.467. The van der Waals surface area contributed by atoms with Gasteiger partial charge in [-0.2, -0.15) is 0 Å². The average Bonchev–Trinajstić information content (AvgIpc) is 2.74. The van der Waals surface area contributed by atoms with Gasteiger partial charge >= 0.3 is 11.9 Å². The minimum Gasteiger partial charge on any atom is -0.481 e. The number of rotatable bonds is 12. The molecule has 0 amide bonds. The molecule has 0 saturated carbocycles. The maximum atomic E-state index is 11.9. The maximum Gasteiger partial charge on any atom is 0.313 e. The fraction of sp³-hybridized carbons (Fsp3) is 0.440. The lowest BCUT2D eigenvalue weighted by molar-refractivity contribution is -0.144. The van der Waals surface area contributed by atoms with Gasteiger partial charge < -0.3 is 15.3 Å². The molecule has 2 aromatic rings. The normalized spacial score (nSPS) is 16.2. The van der Waals surface area contributed by atoms with E-state index in [0.717, 1.165) is 11.1 Å². The number of carbonyl (C=O) groups is 2. The van der Waals surface area contributed by atoms with Gasteiger partial charge in [0, 0.05) is 0 Å². The van der Waals surface area contributed by atoms with Gasteiger partial charge in [-0.25, -0.2) is 0 Å². The summed E-state index contributed by atoms with van der Waals surface area (Å²) in [6, 6.07) is 18.3. The van der Waals surface area contributed by atoms with Crippen molar-refractivity contribution in [3.8, 4) is 0 Å². The van der Waals surface area contributed by atoms with Gasteiger partial charge in [-0.1, -0.05) is 60.7 Å². The Labute approximate surface area is 178 Å². The first-order valence-electron chi connectivity index (χ1n) is 10.5. The highest BCUT2D eigenvalue weighted by Crippen LogP contribution is 2.32. The van der Waals surface area contributed by atoms with E-state index in [-0.39, 0.29) is 0 Å². The Morgan fingerprint density at radius 3 is 1.37 bits per heavy atom. The van der Waals surface area contributed by atoms with Crippen LogP contribution in [0, 0.1) is 0 Å². The lowest BCUT2D eigenvalue weighted by atomic mass is 9.77. The van der Waals surface area contributed by atoms with Crippen molar-refractivity contribution in [1.29, 1.82) is 0 Å². The molecule has 0 radical (unpaired) electrons. The minimum atomic E-state index is -0.990. The molecule has 2 aromatic carbocycles. The summed E-state index contributed by atoms with van der Waals surface area (Å²) < 4.78 is 0. The van der Waals surface area contributed by atoms with E-state index in [1.165, 1.54) is 0 Å². The molecule has 2 atom stereocenters. The number of carboxylic acid groups (broad SMARTS) is 2. The van der Waals surface area contributed by atoms with Crippen LogP contribution in [0.4, 0.5) is 0 Å². The number of carboxylic acids is 2. The van der Waals surface area contributed by atoms with Crippen LogP contribution in [0.2, 0.25) is 0 Å². The van der Waals surface area contributed by atoms with E-state index in [1.54, 1.807) is 13.8 Å². The van der Waals surface area contributed by atoms with E-state index < -0.39 is 28.9 Å². The Morgan fingerprint density at radius 2 is 1.07 bits per heavy atom. The van der Waals surface area contributed by atoms with Crippen molar-refractivity contribution in [2.24, 2.45) is 0 Å². The second-order valence-corrected chi connectivity index (χ2v) is 8.44. The first-order chi connectivity index (χ1) is 14.2.